The maximum absolute atomic E-state index is 14.0. The van der Waals surface area contributed by atoms with Crippen molar-refractivity contribution in [2.24, 2.45) is 5.41 Å². The van der Waals surface area contributed by atoms with Crippen LogP contribution in [0.2, 0.25) is 0 Å². The lowest BCUT2D eigenvalue weighted by Crippen LogP contribution is -2.71. The van der Waals surface area contributed by atoms with Crippen LogP contribution in [0.15, 0.2) is 48.5 Å². The van der Waals surface area contributed by atoms with Gasteiger partial charge in [0.25, 0.3) is 0 Å². The van der Waals surface area contributed by atoms with E-state index in [4.69, 9.17) is 5.73 Å². The van der Waals surface area contributed by atoms with Gasteiger partial charge >= 0.3 is 6.03 Å². The minimum Gasteiger partial charge on any atom is -0.399 e. The first-order chi connectivity index (χ1) is 15.0. The van der Waals surface area contributed by atoms with E-state index in [9.17, 15) is 14.4 Å². The normalized spacial score (nSPS) is 25.7. The van der Waals surface area contributed by atoms with Crippen LogP contribution in [0.3, 0.4) is 0 Å². The largest absolute Gasteiger partial charge is 0.399 e. The molecule has 31 heavy (non-hydrogen) atoms. The number of imide groups is 2. The molecule has 0 unspecified atom stereocenters. The summed E-state index contributed by atoms with van der Waals surface area (Å²) in [7, 11) is 0. The number of nitrogens with two attached hydrogens (primary N) is 1. The Balaban J connectivity index is 1.61. The zero-order valence-corrected chi connectivity index (χ0v) is 17.3. The highest BCUT2D eigenvalue weighted by Gasteiger charge is 2.61. The van der Waals surface area contributed by atoms with Crippen molar-refractivity contribution in [1.82, 2.24) is 10.2 Å². The number of hydrogen-bond donors (Lipinski definition) is 2. The van der Waals surface area contributed by atoms with Gasteiger partial charge in [0.15, 0.2) is 5.41 Å². The molecule has 0 bridgehead atoms. The van der Waals surface area contributed by atoms with Gasteiger partial charge in [-0.25, -0.2) is 4.79 Å². The second kappa shape index (κ2) is 7.41. The van der Waals surface area contributed by atoms with Crippen molar-refractivity contribution in [3.63, 3.8) is 0 Å². The third-order valence-corrected chi connectivity index (χ3v) is 6.89. The summed E-state index contributed by atoms with van der Waals surface area (Å²) in [6.07, 6.45) is 3.98. The van der Waals surface area contributed by atoms with E-state index in [0.717, 1.165) is 49.0 Å². The van der Waals surface area contributed by atoms with Crippen LogP contribution in [-0.2, 0) is 22.6 Å². The molecule has 3 aliphatic heterocycles. The van der Waals surface area contributed by atoms with Crippen LogP contribution in [0.4, 0.5) is 16.2 Å². The van der Waals surface area contributed by atoms with Crippen molar-refractivity contribution in [2.45, 2.75) is 44.7 Å². The fourth-order valence-corrected chi connectivity index (χ4v) is 5.42. The summed E-state index contributed by atoms with van der Waals surface area (Å²) in [5.74, 6) is -0.896. The highest BCUT2D eigenvalue weighted by molar-refractivity contribution is 6.20. The van der Waals surface area contributed by atoms with E-state index in [2.05, 4.69) is 10.2 Å². The Morgan fingerprint density at radius 3 is 2.65 bits per heavy atom. The lowest BCUT2D eigenvalue weighted by molar-refractivity contribution is -0.154. The second-order valence-corrected chi connectivity index (χ2v) is 8.73. The number of hydrogen-bond acceptors (Lipinski definition) is 5. The molecule has 2 atom stereocenters. The smallest absolute Gasteiger partial charge is 0.331 e. The lowest BCUT2D eigenvalue weighted by atomic mass is 9.67. The Morgan fingerprint density at radius 2 is 1.84 bits per heavy atom. The van der Waals surface area contributed by atoms with Gasteiger partial charge in [-0.05, 0) is 48.6 Å². The number of fused-ring (bicyclic) bond motifs is 4. The Kier molecular flexibility index (Phi) is 4.68. The molecule has 3 aliphatic rings. The molecular formula is C24H26N4O3. The molecule has 0 saturated carbocycles. The van der Waals surface area contributed by atoms with Gasteiger partial charge in [-0.1, -0.05) is 43.2 Å². The molecule has 2 saturated heterocycles. The maximum Gasteiger partial charge on any atom is 0.331 e. The summed E-state index contributed by atoms with van der Waals surface area (Å²) in [5, 5.41) is 2.51. The standard InChI is InChI=1S/C24H26N4O3/c25-18-10-11-19-17(13-18)14-24(20-9-5-2-6-12-27(19)20)21(29)26-23(31)28(22(24)30)15-16-7-3-1-4-8-16/h1,3-4,7-8,10-11,13,20H,2,5-6,9,12,14-15,25H2,(H,26,29,31)/t20-,24+/m0/s1. The van der Waals surface area contributed by atoms with Crippen LogP contribution in [0.1, 0.15) is 36.8 Å². The molecule has 0 radical (unpaired) electrons. The third kappa shape index (κ3) is 3.07. The number of carbonyl (C=O) groups is 3. The number of amides is 4. The number of nitrogens with zero attached hydrogens (tertiary/aromatic N) is 2. The minimum absolute atomic E-state index is 0.136. The molecule has 1 spiro atoms. The summed E-state index contributed by atoms with van der Waals surface area (Å²) in [5.41, 5.74) is 8.08. The predicted molar refractivity (Wildman–Crippen MR) is 117 cm³/mol. The summed E-state index contributed by atoms with van der Waals surface area (Å²) in [6, 6.07) is 14.2. The number of benzene rings is 2. The molecule has 4 amide bonds. The summed E-state index contributed by atoms with van der Waals surface area (Å²) in [6.45, 7) is 0.910. The molecule has 2 fully saturated rings. The van der Waals surface area contributed by atoms with E-state index in [1.54, 1.807) is 0 Å². The molecule has 2 aromatic rings. The van der Waals surface area contributed by atoms with Crippen molar-refractivity contribution in [3.8, 4) is 0 Å². The molecule has 7 heteroatoms. The number of anilines is 2. The van der Waals surface area contributed by atoms with Crippen LogP contribution in [0, 0.1) is 5.41 Å². The van der Waals surface area contributed by atoms with Crippen molar-refractivity contribution in [1.29, 1.82) is 0 Å². The van der Waals surface area contributed by atoms with Gasteiger partial charge in [0.2, 0.25) is 11.8 Å². The van der Waals surface area contributed by atoms with Gasteiger partial charge in [0.1, 0.15) is 0 Å². The average Bonchev–Trinajstić information content (AvgIpc) is 3.02. The molecule has 3 heterocycles. The SMILES string of the molecule is Nc1ccc2c(c1)C[C@]1(C(=O)NC(=O)N(Cc3ccccc3)C1=O)[C@@H]1CCCCCN21. The van der Waals surface area contributed by atoms with Crippen LogP contribution >= 0.6 is 0 Å². The van der Waals surface area contributed by atoms with Crippen molar-refractivity contribution < 1.29 is 14.4 Å². The van der Waals surface area contributed by atoms with E-state index < -0.39 is 23.3 Å². The zero-order chi connectivity index (χ0) is 21.6. The Hall–Kier alpha value is -3.35. The number of rotatable bonds is 2. The topological polar surface area (TPSA) is 95.7 Å². The van der Waals surface area contributed by atoms with Crippen molar-refractivity contribution in [2.75, 3.05) is 17.2 Å². The number of nitrogens with one attached hydrogen (secondary N) is 1. The highest BCUT2D eigenvalue weighted by Crippen LogP contribution is 2.47. The number of barbiturate groups is 1. The lowest BCUT2D eigenvalue weighted by Gasteiger charge is -2.51. The molecule has 3 N–H and O–H groups in total. The molecular weight excluding hydrogens is 392 g/mol. The van der Waals surface area contributed by atoms with E-state index in [-0.39, 0.29) is 19.0 Å². The van der Waals surface area contributed by atoms with E-state index in [1.165, 1.54) is 4.90 Å². The first-order valence-electron chi connectivity index (χ1n) is 10.9. The Bertz CT molecular complexity index is 1050. The Morgan fingerprint density at radius 1 is 1.03 bits per heavy atom. The molecule has 0 aliphatic carbocycles. The molecule has 7 nitrogen and oxygen atoms in total. The van der Waals surface area contributed by atoms with Crippen LogP contribution in [0.25, 0.3) is 0 Å². The summed E-state index contributed by atoms with van der Waals surface area (Å²) in [4.78, 5) is 43.5. The number of urea groups is 1. The fraction of sp³-hybridized carbons (Fsp3) is 0.375. The average molecular weight is 418 g/mol. The number of carbonyl (C=O) groups excluding carboxylic acids is 3. The fourth-order valence-electron chi connectivity index (χ4n) is 5.42. The zero-order valence-electron chi connectivity index (χ0n) is 17.3. The van der Waals surface area contributed by atoms with Gasteiger partial charge in [0, 0.05) is 17.9 Å². The van der Waals surface area contributed by atoms with E-state index >= 15 is 0 Å². The molecule has 160 valence electrons. The highest BCUT2D eigenvalue weighted by atomic mass is 16.2. The van der Waals surface area contributed by atoms with Gasteiger partial charge in [-0.2, -0.15) is 0 Å². The minimum atomic E-state index is -1.34. The van der Waals surface area contributed by atoms with Gasteiger partial charge in [-0.15, -0.1) is 0 Å². The first-order valence-corrected chi connectivity index (χ1v) is 10.9. The molecule has 0 aromatic heterocycles. The van der Waals surface area contributed by atoms with Gasteiger partial charge < -0.3 is 10.6 Å². The second-order valence-electron chi connectivity index (χ2n) is 8.73. The predicted octanol–water partition coefficient (Wildman–Crippen LogP) is 2.84. The van der Waals surface area contributed by atoms with E-state index in [1.807, 2.05) is 48.5 Å². The van der Waals surface area contributed by atoms with Gasteiger partial charge in [-0.3, -0.25) is 19.8 Å². The molecule has 2 aromatic carbocycles. The third-order valence-electron chi connectivity index (χ3n) is 6.89. The maximum atomic E-state index is 14.0. The van der Waals surface area contributed by atoms with E-state index in [0.29, 0.717) is 5.69 Å². The van der Waals surface area contributed by atoms with Gasteiger partial charge in [0.05, 0.1) is 12.6 Å². The first kappa shape index (κ1) is 19.6. The van der Waals surface area contributed by atoms with Crippen LogP contribution in [-0.4, -0.2) is 35.3 Å². The van der Waals surface area contributed by atoms with Crippen LogP contribution in [0.5, 0.6) is 0 Å². The monoisotopic (exact) mass is 418 g/mol. The number of nitrogen functional groups attached to an aromatic ring is 1. The van der Waals surface area contributed by atoms with Crippen molar-refractivity contribution in [3.05, 3.63) is 59.7 Å². The molecule has 5 rings (SSSR count). The Labute approximate surface area is 181 Å². The van der Waals surface area contributed by atoms with Crippen LogP contribution < -0.4 is 16.0 Å². The van der Waals surface area contributed by atoms with Crippen molar-refractivity contribution >= 4 is 29.2 Å². The quantitative estimate of drug-likeness (QED) is 0.578. The summed E-state index contributed by atoms with van der Waals surface area (Å²) < 4.78 is 0. The summed E-state index contributed by atoms with van der Waals surface area (Å²) >= 11 is 0.